The molecule has 0 saturated carbocycles. The molecule has 25 heavy (non-hydrogen) atoms. The van der Waals surface area contributed by atoms with Crippen LogP contribution in [0.1, 0.15) is 71.0 Å². The van der Waals surface area contributed by atoms with Crippen LogP contribution < -0.4 is 0 Å². The van der Waals surface area contributed by atoms with Crippen LogP contribution in [0.15, 0.2) is 4.52 Å². The van der Waals surface area contributed by atoms with Crippen LogP contribution in [0.3, 0.4) is 0 Å². The van der Waals surface area contributed by atoms with Gasteiger partial charge >= 0.3 is 5.97 Å². The van der Waals surface area contributed by atoms with Crippen molar-refractivity contribution in [1.82, 2.24) is 15.0 Å². The van der Waals surface area contributed by atoms with Gasteiger partial charge in [-0.2, -0.15) is 4.98 Å². The monoisotopic (exact) mass is 351 g/mol. The zero-order valence-corrected chi connectivity index (χ0v) is 15.5. The number of nitrogens with zero attached hydrogens (tertiary/aromatic N) is 3. The standard InChI is InChI=1S/C18H29N3O4/c1-18(2,3)17-19-14(25-20-17)7-4-8-15(22)21-11-5-6-13(12-21)9-10-16(23)24/h13H,4-12H2,1-3H3,(H,23,24)/t13-/m1/s1. The minimum Gasteiger partial charge on any atom is -0.481 e. The molecule has 1 aliphatic rings. The SMILES string of the molecule is CC(C)(C)c1noc(CCCC(=O)N2CCC[C@H](CCC(=O)O)C2)n1. The van der Waals surface area contributed by atoms with E-state index in [-0.39, 0.29) is 17.7 Å². The van der Waals surface area contributed by atoms with Crippen molar-refractivity contribution in [1.29, 1.82) is 0 Å². The first kappa shape index (κ1) is 19.4. The van der Waals surface area contributed by atoms with Crippen molar-refractivity contribution in [2.45, 2.75) is 71.1 Å². The van der Waals surface area contributed by atoms with E-state index in [1.807, 2.05) is 25.7 Å². The summed E-state index contributed by atoms with van der Waals surface area (Å²) in [5.41, 5.74) is -0.143. The quantitative estimate of drug-likeness (QED) is 0.811. The van der Waals surface area contributed by atoms with Gasteiger partial charge in [-0.1, -0.05) is 25.9 Å². The minimum atomic E-state index is -0.766. The number of likely N-dealkylation sites (tertiary alicyclic amines) is 1. The number of carbonyl (C=O) groups excluding carboxylic acids is 1. The molecule has 1 amide bonds. The molecule has 7 heteroatoms. The predicted octanol–water partition coefficient (Wildman–Crippen LogP) is 2.79. The number of hydrogen-bond acceptors (Lipinski definition) is 5. The summed E-state index contributed by atoms with van der Waals surface area (Å²) in [7, 11) is 0. The Labute approximate surface area is 148 Å². The van der Waals surface area contributed by atoms with Crippen LogP contribution in [0, 0.1) is 5.92 Å². The number of carbonyl (C=O) groups is 2. The third kappa shape index (κ3) is 6.14. The van der Waals surface area contributed by atoms with E-state index in [4.69, 9.17) is 9.63 Å². The van der Waals surface area contributed by atoms with E-state index < -0.39 is 5.97 Å². The summed E-state index contributed by atoms with van der Waals surface area (Å²) in [6, 6.07) is 0. The lowest BCUT2D eigenvalue weighted by molar-refractivity contribution is -0.137. The van der Waals surface area contributed by atoms with Gasteiger partial charge in [0.1, 0.15) is 0 Å². The van der Waals surface area contributed by atoms with Gasteiger partial charge in [0.25, 0.3) is 0 Å². The van der Waals surface area contributed by atoms with Crippen LogP contribution in [0.4, 0.5) is 0 Å². The molecular weight excluding hydrogens is 322 g/mol. The van der Waals surface area contributed by atoms with Gasteiger partial charge in [0.15, 0.2) is 5.82 Å². The number of aryl methyl sites for hydroxylation is 1. The molecule has 7 nitrogen and oxygen atoms in total. The van der Waals surface area contributed by atoms with Gasteiger partial charge in [0.05, 0.1) is 0 Å². The fourth-order valence-electron chi connectivity index (χ4n) is 3.06. The average Bonchev–Trinajstić information content (AvgIpc) is 3.02. The molecule has 0 unspecified atom stereocenters. The Bertz CT molecular complexity index is 591. The zero-order chi connectivity index (χ0) is 18.4. The molecule has 1 fully saturated rings. The molecule has 0 bridgehead atoms. The van der Waals surface area contributed by atoms with E-state index in [0.717, 1.165) is 19.4 Å². The summed E-state index contributed by atoms with van der Waals surface area (Å²) in [6.07, 6.45) is 4.53. The lowest BCUT2D eigenvalue weighted by atomic mass is 9.93. The maximum Gasteiger partial charge on any atom is 0.303 e. The van der Waals surface area contributed by atoms with E-state index in [1.165, 1.54) is 0 Å². The second-order valence-corrected chi connectivity index (χ2v) is 7.90. The van der Waals surface area contributed by atoms with E-state index in [1.54, 1.807) is 0 Å². The summed E-state index contributed by atoms with van der Waals surface area (Å²) in [5, 5.41) is 12.8. The van der Waals surface area contributed by atoms with Gasteiger partial charge < -0.3 is 14.5 Å². The van der Waals surface area contributed by atoms with Crippen LogP contribution >= 0.6 is 0 Å². The van der Waals surface area contributed by atoms with Crippen LogP contribution in [-0.4, -0.2) is 45.1 Å². The lowest BCUT2D eigenvalue weighted by Crippen LogP contribution is -2.40. The van der Waals surface area contributed by atoms with Crippen LogP contribution in [-0.2, 0) is 21.4 Å². The largest absolute Gasteiger partial charge is 0.481 e. The molecule has 140 valence electrons. The highest BCUT2D eigenvalue weighted by Gasteiger charge is 2.24. The highest BCUT2D eigenvalue weighted by molar-refractivity contribution is 5.76. The van der Waals surface area contributed by atoms with Gasteiger partial charge in [0.2, 0.25) is 11.8 Å². The summed E-state index contributed by atoms with van der Waals surface area (Å²) in [6.45, 7) is 7.55. The Balaban J connectivity index is 1.74. The van der Waals surface area contributed by atoms with Crippen molar-refractivity contribution in [2.75, 3.05) is 13.1 Å². The van der Waals surface area contributed by atoms with Gasteiger partial charge in [-0.3, -0.25) is 9.59 Å². The van der Waals surface area contributed by atoms with Crippen molar-refractivity contribution >= 4 is 11.9 Å². The minimum absolute atomic E-state index is 0.135. The van der Waals surface area contributed by atoms with E-state index >= 15 is 0 Å². The van der Waals surface area contributed by atoms with E-state index in [0.29, 0.717) is 49.9 Å². The Hall–Kier alpha value is -1.92. The first-order chi connectivity index (χ1) is 11.8. The molecule has 1 aromatic rings. The number of rotatable bonds is 7. The van der Waals surface area contributed by atoms with Crippen molar-refractivity contribution in [2.24, 2.45) is 5.92 Å². The maximum absolute atomic E-state index is 12.4. The van der Waals surface area contributed by atoms with E-state index in [2.05, 4.69) is 10.1 Å². The summed E-state index contributed by atoms with van der Waals surface area (Å²) < 4.78 is 5.25. The Morgan fingerprint density at radius 2 is 2.08 bits per heavy atom. The Morgan fingerprint density at radius 3 is 2.72 bits per heavy atom. The van der Waals surface area contributed by atoms with E-state index in [9.17, 15) is 9.59 Å². The normalized spacial score (nSPS) is 18.4. The molecule has 0 radical (unpaired) electrons. The first-order valence-corrected chi connectivity index (χ1v) is 9.08. The molecule has 1 atom stereocenters. The number of amides is 1. The smallest absolute Gasteiger partial charge is 0.303 e. The first-order valence-electron chi connectivity index (χ1n) is 9.08. The summed E-state index contributed by atoms with van der Waals surface area (Å²) >= 11 is 0. The molecular formula is C18H29N3O4. The number of carboxylic acid groups (broad SMARTS) is 1. The number of carboxylic acids is 1. The molecule has 2 rings (SSSR count). The molecule has 2 heterocycles. The molecule has 1 saturated heterocycles. The second kappa shape index (κ2) is 8.45. The number of piperidine rings is 1. The fraction of sp³-hybridized carbons (Fsp3) is 0.778. The molecule has 0 aliphatic carbocycles. The molecule has 1 aliphatic heterocycles. The number of hydrogen-bond donors (Lipinski definition) is 1. The number of aromatic nitrogens is 2. The maximum atomic E-state index is 12.4. The zero-order valence-electron chi connectivity index (χ0n) is 15.5. The molecule has 1 N–H and O–H groups in total. The topological polar surface area (TPSA) is 96.5 Å². The average molecular weight is 351 g/mol. The van der Waals surface area contributed by atoms with Gasteiger partial charge in [-0.05, 0) is 31.6 Å². The van der Waals surface area contributed by atoms with Crippen molar-refractivity contribution in [3.8, 4) is 0 Å². The highest BCUT2D eigenvalue weighted by atomic mass is 16.5. The second-order valence-electron chi connectivity index (χ2n) is 7.90. The van der Waals surface area contributed by atoms with Crippen LogP contribution in [0.25, 0.3) is 0 Å². The summed E-state index contributed by atoms with van der Waals surface area (Å²) in [5.74, 6) is 0.939. The van der Waals surface area contributed by atoms with Gasteiger partial charge in [-0.15, -0.1) is 0 Å². The number of aliphatic carboxylic acids is 1. The van der Waals surface area contributed by atoms with Crippen molar-refractivity contribution in [3.63, 3.8) is 0 Å². The predicted molar refractivity (Wildman–Crippen MR) is 92.1 cm³/mol. The van der Waals surface area contributed by atoms with Gasteiger partial charge in [-0.25, -0.2) is 0 Å². The molecule has 0 spiro atoms. The Morgan fingerprint density at radius 1 is 1.32 bits per heavy atom. The third-order valence-corrected chi connectivity index (χ3v) is 4.56. The molecule has 0 aromatic carbocycles. The van der Waals surface area contributed by atoms with Crippen molar-refractivity contribution < 1.29 is 19.2 Å². The van der Waals surface area contributed by atoms with Crippen molar-refractivity contribution in [3.05, 3.63) is 11.7 Å². The third-order valence-electron chi connectivity index (χ3n) is 4.56. The highest BCUT2D eigenvalue weighted by Crippen LogP contribution is 2.22. The Kier molecular flexibility index (Phi) is 6.56. The molecule has 1 aromatic heterocycles. The van der Waals surface area contributed by atoms with Crippen LogP contribution in [0.2, 0.25) is 0 Å². The van der Waals surface area contributed by atoms with Crippen LogP contribution in [0.5, 0.6) is 0 Å². The fourth-order valence-corrected chi connectivity index (χ4v) is 3.06. The lowest BCUT2D eigenvalue weighted by Gasteiger charge is -2.32. The van der Waals surface area contributed by atoms with Gasteiger partial charge in [0, 0.05) is 37.8 Å². The summed E-state index contributed by atoms with van der Waals surface area (Å²) in [4.78, 5) is 29.3.